The van der Waals surface area contributed by atoms with Gasteiger partial charge in [0.05, 0.1) is 63.3 Å². The Morgan fingerprint density at radius 2 is 1.13 bits per heavy atom. The van der Waals surface area contributed by atoms with Gasteiger partial charge in [-0.3, -0.25) is 0 Å². The van der Waals surface area contributed by atoms with Gasteiger partial charge in [-0.1, -0.05) is 48.6 Å². The number of quaternary nitrogens is 2. The van der Waals surface area contributed by atoms with Gasteiger partial charge in [-0.2, -0.15) is 0 Å². The summed E-state index contributed by atoms with van der Waals surface area (Å²) in [6.45, 7) is 4.70. The summed E-state index contributed by atoms with van der Waals surface area (Å²) < 4.78 is 2.18. The zero-order valence-corrected chi connectivity index (χ0v) is 27.1. The number of aliphatic hydroxyl groups excluding tert-OH is 2. The molecule has 46 heavy (non-hydrogen) atoms. The van der Waals surface area contributed by atoms with Gasteiger partial charge in [-0.05, 0) is 45.6 Å². The molecule has 0 radical (unpaired) electrons. The molecule has 4 saturated heterocycles. The maximum atomic E-state index is 10.3. The van der Waals surface area contributed by atoms with Crippen LogP contribution in [0.25, 0.3) is 0 Å². The van der Waals surface area contributed by atoms with Crippen LogP contribution >= 0.6 is 0 Å². The smallest absolute Gasteiger partial charge is 0.102 e. The average Bonchev–Trinajstić information content (AvgIpc) is 3.73. The summed E-state index contributed by atoms with van der Waals surface area (Å²) in [5.41, 5.74) is 12.1. The Bertz CT molecular complexity index is 1730. The van der Waals surface area contributed by atoms with E-state index in [0.717, 1.165) is 34.9 Å². The van der Waals surface area contributed by atoms with Crippen LogP contribution in [-0.2, 0) is 10.8 Å². The van der Waals surface area contributed by atoms with Crippen molar-refractivity contribution < 1.29 is 19.2 Å². The van der Waals surface area contributed by atoms with Crippen molar-refractivity contribution in [3.63, 3.8) is 0 Å². The van der Waals surface area contributed by atoms with Gasteiger partial charge in [0.15, 0.2) is 0 Å². The van der Waals surface area contributed by atoms with Crippen LogP contribution in [0, 0.1) is 11.8 Å². The number of fused-ring (bicyclic) bond motifs is 8. The van der Waals surface area contributed by atoms with Crippen LogP contribution in [0.4, 0.5) is 11.4 Å². The minimum Gasteiger partial charge on any atom is -0.392 e. The number of piperidine rings is 2. The Morgan fingerprint density at radius 1 is 0.696 bits per heavy atom. The van der Waals surface area contributed by atoms with E-state index in [1.54, 1.807) is 22.3 Å². The van der Waals surface area contributed by atoms with E-state index in [2.05, 4.69) is 97.0 Å². The molecule has 7 heterocycles. The third-order valence-electron chi connectivity index (χ3n) is 15.3. The van der Waals surface area contributed by atoms with E-state index in [4.69, 9.17) is 0 Å². The maximum Gasteiger partial charge on any atom is 0.102 e. The van der Waals surface area contributed by atoms with Gasteiger partial charge in [-0.25, -0.2) is 0 Å². The molecule has 2 saturated carbocycles. The molecule has 11 rings (SSSR count). The van der Waals surface area contributed by atoms with Crippen molar-refractivity contribution in [2.75, 3.05) is 63.3 Å². The van der Waals surface area contributed by atoms with Crippen LogP contribution in [-0.4, -0.2) is 96.8 Å². The van der Waals surface area contributed by atoms with E-state index < -0.39 is 0 Å². The first-order valence-electron chi connectivity index (χ1n) is 17.8. The van der Waals surface area contributed by atoms with Gasteiger partial charge in [0.2, 0.25) is 0 Å². The molecule has 0 amide bonds. The second-order valence-corrected chi connectivity index (χ2v) is 16.7. The Labute approximate surface area is 272 Å². The van der Waals surface area contributed by atoms with Crippen LogP contribution in [0.1, 0.15) is 36.8 Å². The summed E-state index contributed by atoms with van der Waals surface area (Å²) in [5.74, 6) is 0.709. The van der Waals surface area contributed by atoms with Crippen molar-refractivity contribution in [3.8, 4) is 0 Å². The zero-order chi connectivity index (χ0) is 30.8. The lowest BCUT2D eigenvalue weighted by Crippen LogP contribution is -2.68. The second-order valence-electron chi connectivity index (χ2n) is 16.7. The van der Waals surface area contributed by atoms with Crippen molar-refractivity contribution in [1.82, 2.24) is 0 Å². The van der Waals surface area contributed by atoms with Gasteiger partial charge < -0.3 is 29.0 Å². The number of anilines is 2. The normalized spacial score (nSPS) is 46.3. The van der Waals surface area contributed by atoms with Crippen molar-refractivity contribution in [2.45, 2.75) is 60.7 Å². The standard InChI is InChI=1S/C40H46N4O2/c1-43-15-13-39-31-7-3-5-9-33(31)41-22-30-28-20-36-40(14-16-44(36,2)24-26(28)12-18-46)32-8-4-6-10-34(32)42(38(30)40)21-29(37(39)41)27(19-35(39)43)25(23-43)11-17-45/h3-12,21-22,27-28,35-38,45-46H,13-20,23-24H2,1-2H3/q+2. The first-order valence-corrected chi connectivity index (χ1v) is 17.8. The van der Waals surface area contributed by atoms with Crippen LogP contribution in [0.2, 0.25) is 0 Å². The molecule has 2 spiro atoms. The fourth-order valence-electron chi connectivity index (χ4n) is 13.8. The van der Waals surface area contributed by atoms with Crippen molar-refractivity contribution in [1.29, 1.82) is 0 Å². The quantitative estimate of drug-likeness (QED) is 0.390. The Hall–Kier alpha value is -3.16. The summed E-state index contributed by atoms with van der Waals surface area (Å²) in [4.78, 5) is 5.55. The topological polar surface area (TPSA) is 46.9 Å². The molecule has 10 unspecified atom stereocenters. The van der Waals surface area contributed by atoms with E-state index in [9.17, 15) is 10.2 Å². The fourth-order valence-corrected chi connectivity index (χ4v) is 13.8. The van der Waals surface area contributed by atoms with Gasteiger partial charge in [0, 0.05) is 61.3 Å². The number of likely N-dealkylation sites (N-methyl/N-ethyl adjacent to an activating group) is 2. The number of hydrogen-bond acceptors (Lipinski definition) is 4. The third-order valence-corrected chi connectivity index (χ3v) is 15.3. The van der Waals surface area contributed by atoms with Crippen LogP contribution < -0.4 is 9.80 Å². The van der Waals surface area contributed by atoms with Crippen molar-refractivity contribution in [2.24, 2.45) is 11.8 Å². The van der Waals surface area contributed by atoms with E-state index in [1.165, 1.54) is 48.5 Å². The average molecular weight is 615 g/mol. The molecule has 7 aliphatic heterocycles. The van der Waals surface area contributed by atoms with Crippen LogP contribution in [0.15, 0.2) is 95.4 Å². The largest absolute Gasteiger partial charge is 0.392 e. The third kappa shape index (κ3) is 2.77. The molecule has 4 bridgehead atoms. The van der Waals surface area contributed by atoms with Crippen molar-refractivity contribution >= 4 is 11.4 Å². The predicted molar refractivity (Wildman–Crippen MR) is 180 cm³/mol. The molecule has 236 valence electrons. The highest BCUT2D eigenvalue weighted by Gasteiger charge is 2.74. The van der Waals surface area contributed by atoms with E-state index in [1.807, 2.05) is 0 Å². The molecule has 0 aromatic heterocycles. The molecule has 9 aliphatic rings. The number of hydrogen-bond donors (Lipinski definition) is 2. The van der Waals surface area contributed by atoms with Gasteiger partial charge in [-0.15, -0.1) is 0 Å². The first kappa shape index (κ1) is 26.9. The summed E-state index contributed by atoms with van der Waals surface area (Å²) in [6.07, 6.45) is 14.4. The lowest BCUT2D eigenvalue weighted by atomic mass is 9.56. The molecule has 2 N–H and O–H groups in total. The SMILES string of the molecule is C[N+]12CCC34c5ccccc5N5C=C6C7CC8C9(CC[N+]8(C)CC7=CCO)c7ccccc7N(C=C(C(CC31)C(=CCO)C2)C54)C69. The highest BCUT2D eigenvalue weighted by Crippen LogP contribution is 2.69. The highest BCUT2D eigenvalue weighted by atomic mass is 16.3. The summed E-state index contributed by atoms with van der Waals surface area (Å²) in [6, 6.07) is 20.5. The van der Waals surface area contributed by atoms with Crippen LogP contribution in [0.3, 0.4) is 0 Å². The van der Waals surface area contributed by atoms with E-state index in [-0.39, 0.29) is 36.1 Å². The summed E-state index contributed by atoms with van der Waals surface area (Å²) >= 11 is 0. The molecular formula is C40H46N4O2+2. The van der Waals surface area contributed by atoms with E-state index >= 15 is 0 Å². The number of aliphatic hydroxyl groups is 2. The lowest BCUT2D eigenvalue weighted by molar-refractivity contribution is -0.924. The molecule has 2 aromatic rings. The fraction of sp³-hybridized carbons (Fsp3) is 0.500. The molecule has 6 fully saturated rings. The van der Waals surface area contributed by atoms with Gasteiger partial charge >= 0.3 is 0 Å². The minimum atomic E-state index is 0.0790. The van der Waals surface area contributed by atoms with Crippen LogP contribution in [0.5, 0.6) is 0 Å². The monoisotopic (exact) mass is 614 g/mol. The number of rotatable bonds is 2. The summed E-state index contributed by atoms with van der Waals surface area (Å²) in [5, 5.41) is 20.6. The summed E-state index contributed by atoms with van der Waals surface area (Å²) in [7, 11) is 5.01. The zero-order valence-electron chi connectivity index (χ0n) is 27.1. The Morgan fingerprint density at radius 3 is 1.57 bits per heavy atom. The molecule has 2 aromatic carbocycles. The molecule has 6 nitrogen and oxygen atoms in total. The lowest BCUT2D eigenvalue weighted by Gasteiger charge is -2.58. The predicted octanol–water partition coefficient (Wildman–Crippen LogP) is 4.36. The number of nitrogens with zero attached hydrogens (tertiary/aromatic N) is 4. The number of benzene rings is 2. The first-order chi connectivity index (χ1) is 22.4. The Balaban J connectivity index is 1.24. The molecule has 10 atom stereocenters. The highest BCUT2D eigenvalue weighted by molar-refractivity contribution is 5.77. The second kappa shape index (κ2) is 8.46. The molecule has 6 heteroatoms. The Kier molecular flexibility index (Phi) is 4.94. The van der Waals surface area contributed by atoms with Crippen molar-refractivity contribution in [3.05, 3.63) is 107 Å². The van der Waals surface area contributed by atoms with E-state index in [0.29, 0.717) is 23.9 Å². The maximum absolute atomic E-state index is 10.3. The van der Waals surface area contributed by atoms with Gasteiger partial charge in [0.25, 0.3) is 0 Å². The minimum absolute atomic E-state index is 0.0790. The molecule has 2 aliphatic carbocycles. The van der Waals surface area contributed by atoms with Gasteiger partial charge in [0.1, 0.15) is 25.2 Å². The number of para-hydroxylation sites is 2. The molecular weight excluding hydrogens is 568 g/mol.